The van der Waals surface area contributed by atoms with Crippen molar-refractivity contribution in [3.8, 4) is 6.07 Å². The normalized spacial score (nSPS) is 12.9. The molecule has 2 N–H and O–H groups in total. The Balaban J connectivity index is 4.08. The molecule has 0 aromatic rings. The number of hydrogen-bond donors (Lipinski definition) is 2. The van der Waals surface area contributed by atoms with Gasteiger partial charge in [-0.15, -0.1) is 0 Å². The van der Waals surface area contributed by atoms with Crippen molar-refractivity contribution in [3.63, 3.8) is 0 Å². The van der Waals surface area contributed by atoms with Crippen molar-refractivity contribution >= 4 is 5.91 Å². The van der Waals surface area contributed by atoms with Gasteiger partial charge in [0.05, 0.1) is 0 Å². The minimum atomic E-state index is -0.307. The average molecular weight is 280 g/mol. The molecule has 0 aliphatic rings. The van der Waals surface area contributed by atoms with Crippen molar-refractivity contribution in [2.24, 2.45) is 0 Å². The summed E-state index contributed by atoms with van der Waals surface area (Å²) < 4.78 is 0. The van der Waals surface area contributed by atoms with Gasteiger partial charge >= 0.3 is 0 Å². The summed E-state index contributed by atoms with van der Waals surface area (Å²) in [6.07, 6.45) is 3.35. The van der Waals surface area contributed by atoms with Crippen LogP contribution < -0.4 is 10.6 Å². The van der Waals surface area contributed by atoms with E-state index in [4.69, 9.17) is 5.26 Å². The minimum absolute atomic E-state index is 0.0851. The zero-order valence-electron chi connectivity index (χ0n) is 13.2. The average Bonchev–Trinajstić information content (AvgIpc) is 2.46. The van der Waals surface area contributed by atoms with E-state index in [0.29, 0.717) is 0 Å². The van der Waals surface area contributed by atoms with E-state index in [1.54, 1.807) is 0 Å². The molecule has 5 nitrogen and oxygen atoms in total. The zero-order valence-corrected chi connectivity index (χ0v) is 13.2. The standard InChI is InChI=1S/C15H28N4O/c1-5-13(4)18-15(20)14(11-16)12-17-9-8-10-19(6-2)7-3/h12-13,17H,5-10H2,1-4H3,(H,18,20)/b14-12-. The van der Waals surface area contributed by atoms with Gasteiger partial charge in [-0.05, 0) is 39.4 Å². The van der Waals surface area contributed by atoms with E-state index in [-0.39, 0.29) is 17.5 Å². The Morgan fingerprint density at radius 3 is 2.50 bits per heavy atom. The molecule has 1 atom stereocenters. The van der Waals surface area contributed by atoms with Crippen LogP contribution in [-0.4, -0.2) is 43.0 Å². The number of nitrogens with one attached hydrogen (secondary N) is 2. The zero-order chi connectivity index (χ0) is 15.4. The fourth-order valence-electron chi connectivity index (χ4n) is 1.67. The molecule has 0 aliphatic heterocycles. The molecule has 0 aliphatic carbocycles. The second-order valence-corrected chi connectivity index (χ2v) is 4.79. The monoisotopic (exact) mass is 280 g/mol. The topological polar surface area (TPSA) is 68.2 Å². The Hall–Kier alpha value is -1.54. The summed E-state index contributed by atoms with van der Waals surface area (Å²) in [6.45, 7) is 12.1. The number of carbonyl (C=O) groups excluding carboxylic acids is 1. The summed E-state index contributed by atoms with van der Waals surface area (Å²) in [7, 11) is 0. The van der Waals surface area contributed by atoms with Gasteiger partial charge in [0.25, 0.3) is 5.91 Å². The predicted octanol–water partition coefficient (Wildman–Crippen LogP) is 1.63. The molecule has 1 unspecified atom stereocenters. The third kappa shape index (κ3) is 7.80. The molecule has 0 bridgehead atoms. The number of nitriles is 1. The number of nitrogens with zero attached hydrogens (tertiary/aromatic N) is 2. The first-order valence-electron chi connectivity index (χ1n) is 7.45. The van der Waals surface area contributed by atoms with Crippen molar-refractivity contribution < 1.29 is 4.79 Å². The molecule has 0 saturated carbocycles. The number of rotatable bonds is 10. The largest absolute Gasteiger partial charge is 0.390 e. The lowest BCUT2D eigenvalue weighted by Gasteiger charge is -2.17. The Labute approximate surface area is 123 Å². The lowest BCUT2D eigenvalue weighted by Crippen LogP contribution is -2.33. The van der Waals surface area contributed by atoms with Gasteiger partial charge in [-0.25, -0.2) is 0 Å². The van der Waals surface area contributed by atoms with Crippen molar-refractivity contribution in [3.05, 3.63) is 11.8 Å². The van der Waals surface area contributed by atoms with Gasteiger partial charge in [-0.3, -0.25) is 4.79 Å². The van der Waals surface area contributed by atoms with E-state index in [1.807, 2.05) is 19.9 Å². The summed E-state index contributed by atoms with van der Waals surface area (Å²) >= 11 is 0. The van der Waals surface area contributed by atoms with E-state index < -0.39 is 0 Å². The fourth-order valence-corrected chi connectivity index (χ4v) is 1.67. The first-order valence-corrected chi connectivity index (χ1v) is 7.45. The van der Waals surface area contributed by atoms with E-state index >= 15 is 0 Å². The second kappa shape index (κ2) is 11.3. The fraction of sp³-hybridized carbons (Fsp3) is 0.733. The maximum Gasteiger partial charge on any atom is 0.263 e. The van der Waals surface area contributed by atoms with Gasteiger partial charge in [-0.2, -0.15) is 5.26 Å². The van der Waals surface area contributed by atoms with Crippen LogP contribution in [0.2, 0.25) is 0 Å². The van der Waals surface area contributed by atoms with Crippen LogP contribution in [0, 0.1) is 11.3 Å². The predicted molar refractivity (Wildman–Crippen MR) is 82.0 cm³/mol. The third-order valence-corrected chi connectivity index (χ3v) is 3.29. The van der Waals surface area contributed by atoms with Crippen molar-refractivity contribution in [1.82, 2.24) is 15.5 Å². The van der Waals surface area contributed by atoms with Crippen LogP contribution in [-0.2, 0) is 4.79 Å². The van der Waals surface area contributed by atoms with Gasteiger partial charge in [-0.1, -0.05) is 20.8 Å². The maximum atomic E-state index is 11.8. The Morgan fingerprint density at radius 2 is 2.00 bits per heavy atom. The van der Waals surface area contributed by atoms with Crippen LogP contribution in [0.15, 0.2) is 11.8 Å². The molecule has 0 saturated heterocycles. The molecule has 114 valence electrons. The summed E-state index contributed by atoms with van der Waals surface area (Å²) in [5.41, 5.74) is 0.133. The van der Waals surface area contributed by atoms with Crippen LogP contribution in [0.3, 0.4) is 0 Å². The minimum Gasteiger partial charge on any atom is -0.390 e. The Kier molecular flexibility index (Phi) is 10.4. The molecule has 0 aromatic heterocycles. The molecule has 0 heterocycles. The van der Waals surface area contributed by atoms with Crippen molar-refractivity contribution in [2.45, 2.75) is 46.6 Å². The Morgan fingerprint density at radius 1 is 1.35 bits per heavy atom. The summed E-state index contributed by atoms with van der Waals surface area (Å²) in [5, 5.41) is 14.8. The highest BCUT2D eigenvalue weighted by atomic mass is 16.1. The molecule has 0 fully saturated rings. The van der Waals surface area contributed by atoms with E-state index in [9.17, 15) is 4.79 Å². The second-order valence-electron chi connectivity index (χ2n) is 4.79. The Bertz CT molecular complexity index is 342. The van der Waals surface area contributed by atoms with Crippen LogP contribution in [0.25, 0.3) is 0 Å². The SMILES string of the molecule is CCC(C)NC(=O)/C(C#N)=C\NCCCN(CC)CC. The van der Waals surface area contributed by atoms with E-state index in [0.717, 1.165) is 39.0 Å². The number of amides is 1. The lowest BCUT2D eigenvalue weighted by atomic mass is 10.2. The maximum absolute atomic E-state index is 11.8. The van der Waals surface area contributed by atoms with Crippen LogP contribution in [0.5, 0.6) is 0 Å². The van der Waals surface area contributed by atoms with E-state index in [1.165, 1.54) is 6.20 Å². The molecule has 5 heteroatoms. The summed E-state index contributed by atoms with van der Waals surface area (Å²) in [5.74, 6) is -0.307. The van der Waals surface area contributed by atoms with Gasteiger partial charge in [0.15, 0.2) is 0 Å². The van der Waals surface area contributed by atoms with Gasteiger partial charge in [0.1, 0.15) is 11.6 Å². The van der Waals surface area contributed by atoms with Crippen LogP contribution >= 0.6 is 0 Å². The number of carbonyl (C=O) groups is 1. The van der Waals surface area contributed by atoms with Crippen LogP contribution in [0.4, 0.5) is 0 Å². The number of hydrogen-bond acceptors (Lipinski definition) is 4. The third-order valence-electron chi connectivity index (χ3n) is 3.29. The van der Waals surface area contributed by atoms with Crippen LogP contribution in [0.1, 0.15) is 40.5 Å². The van der Waals surface area contributed by atoms with Gasteiger partial charge < -0.3 is 15.5 Å². The lowest BCUT2D eigenvalue weighted by molar-refractivity contribution is -0.117. The summed E-state index contributed by atoms with van der Waals surface area (Å²) in [4.78, 5) is 14.1. The smallest absolute Gasteiger partial charge is 0.263 e. The van der Waals surface area contributed by atoms with E-state index in [2.05, 4.69) is 29.4 Å². The highest BCUT2D eigenvalue weighted by Crippen LogP contribution is 1.95. The molecule has 20 heavy (non-hydrogen) atoms. The quantitative estimate of drug-likeness (QED) is 0.362. The molecule has 0 rings (SSSR count). The van der Waals surface area contributed by atoms with Gasteiger partial charge in [0, 0.05) is 18.8 Å². The molecule has 0 aromatic carbocycles. The van der Waals surface area contributed by atoms with Crippen molar-refractivity contribution in [2.75, 3.05) is 26.2 Å². The first kappa shape index (κ1) is 18.5. The molecule has 0 spiro atoms. The molecular weight excluding hydrogens is 252 g/mol. The first-order chi connectivity index (χ1) is 9.58. The summed E-state index contributed by atoms with van der Waals surface area (Å²) in [6, 6.07) is 2.01. The van der Waals surface area contributed by atoms with Crippen molar-refractivity contribution in [1.29, 1.82) is 5.26 Å². The molecular formula is C15H28N4O. The highest BCUT2D eigenvalue weighted by Gasteiger charge is 2.10. The highest BCUT2D eigenvalue weighted by molar-refractivity contribution is 5.97. The molecule has 0 radical (unpaired) electrons. The van der Waals surface area contributed by atoms with Gasteiger partial charge in [0.2, 0.25) is 0 Å². The molecule has 1 amide bonds.